The molecule has 0 saturated carbocycles. The van der Waals surface area contributed by atoms with Crippen LogP contribution < -0.4 is 11.1 Å². The van der Waals surface area contributed by atoms with Gasteiger partial charge in [0.15, 0.2) is 0 Å². The van der Waals surface area contributed by atoms with Crippen molar-refractivity contribution in [2.75, 3.05) is 19.6 Å². The van der Waals surface area contributed by atoms with Crippen molar-refractivity contribution in [2.45, 2.75) is 16.6 Å². The van der Waals surface area contributed by atoms with Crippen molar-refractivity contribution in [3.63, 3.8) is 0 Å². The van der Waals surface area contributed by atoms with Gasteiger partial charge in [-0.3, -0.25) is 0 Å². The van der Waals surface area contributed by atoms with Gasteiger partial charge < -0.3 is 11.1 Å². The van der Waals surface area contributed by atoms with Gasteiger partial charge in [0, 0.05) is 29.8 Å². The highest BCUT2D eigenvalue weighted by atomic mass is 32.2. The van der Waals surface area contributed by atoms with E-state index in [4.69, 9.17) is 5.73 Å². The molecule has 1 atom stereocenters. The fourth-order valence-electron chi connectivity index (χ4n) is 1.73. The lowest BCUT2D eigenvalue weighted by molar-refractivity contribution is 0.668. The summed E-state index contributed by atoms with van der Waals surface area (Å²) in [4.78, 5) is 1.45. The molecule has 1 unspecified atom stereocenters. The molecule has 0 aliphatic carbocycles. The van der Waals surface area contributed by atoms with E-state index in [1.54, 1.807) is 0 Å². The van der Waals surface area contributed by atoms with Crippen LogP contribution in [0.5, 0.6) is 0 Å². The smallest absolute Gasteiger partial charge is 0.0260 e. The first kappa shape index (κ1) is 10.0. The summed E-state index contributed by atoms with van der Waals surface area (Å²) in [6.45, 7) is 2.72. The zero-order valence-corrected chi connectivity index (χ0v) is 9.02. The summed E-state index contributed by atoms with van der Waals surface area (Å²) in [6.07, 6.45) is 1.19. The monoisotopic (exact) mass is 208 g/mol. The highest BCUT2D eigenvalue weighted by molar-refractivity contribution is 8.00. The van der Waals surface area contributed by atoms with Crippen molar-refractivity contribution in [1.29, 1.82) is 0 Å². The number of rotatable bonds is 4. The summed E-state index contributed by atoms with van der Waals surface area (Å²) in [5, 5.41) is 4.06. The summed E-state index contributed by atoms with van der Waals surface area (Å²) < 4.78 is 0. The predicted molar refractivity (Wildman–Crippen MR) is 61.7 cm³/mol. The Bertz CT molecular complexity index is 276. The maximum absolute atomic E-state index is 5.43. The first-order chi connectivity index (χ1) is 6.90. The molecule has 0 bridgehead atoms. The number of hydrogen-bond donors (Lipinski definition) is 2. The highest BCUT2D eigenvalue weighted by Crippen LogP contribution is 2.36. The van der Waals surface area contributed by atoms with Crippen LogP contribution in [0.4, 0.5) is 0 Å². The predicted octanol–water partition coefficient (Wildman–Crippen LogP) is 1.25. The molecule has 14 heavy (non-hydrogen) atoms. The van der Waals surface area contributed by atoms with Crippen LogP contribution in [0.3, 0.4) is 0 Å². The maximum atomic E-state index is 5.43. The van der Waals surface area contributed by atoms with Crippen molar-refractivity contribution in [1.82, 2.24) is 5.32 Å². The molecule has 3 heteroatoms. The lowest BCUT2D eigenvalue weighted by Crippen LogP contribution is -2.29. The molecule has 1 aliphatic rings. The lowest BCUT2D eigenvalue weighted by atomic mass is 10.1. The topological polar surface area (TPSA) is 38.0 Å². The Labute approximate surface area is 89.3 Å². The van der Waals surface area contributed by atoms with Crippen LogP contribution in [0, 0.1) is 0 Å². The average molecular weight is 208 g/mol. The second-order valence-corrected chi connectivity index (χ2v) is 4.89. The van der Waals surface area contributed by atoms with Gasteiger partial charge in [-0.2, -0.15) is 0 Å². The number of benzene rings is 1. The second kappa shape index (κ2) is 4.82. The first-order valence-corrected chi connectivity index (χ1v) is 5.93. The minimum atomic E-state index is 0.693. The molecule has 0 spiro atoms. The van der Waals surface area contributed by atoms with Crippen LogP contribution in [-0.4, -0.2) is 24.9 Å². The highest BCUT2D eigenvalue weighted by Gasteiger charge is 2.20. The molecule has 2 rings (SSSR count). The average Bonchev–Trinajstić information content (AvgIpc) is 2.60. The van der Waals surface area contributed by atoms with E-state index in [0.717, 1.165) is 19.6 Å². The van der Waals surface area contributed by atoms with Crippen LogP contribution in [0.2, 0.25) is 0 Å². The van der Waals surface area contributed by atoms with E-state index < -0.39 is 0 Å². The third-order valence-corrected chi connectivity index (χ3v) is 3.73. The standard InChI is InChI=1S/C11H16N2S/c12-5-6-13-8-10-7-9-3-1-2-4-11(9)14-10/h1-4,10,13H,5-8,12H2. The van der Waals surface area contributed by atoms with Crippen LogP contribution in [0.25, 0.3) is 0 Å². The lowest BCUT2D eigenvalue weighted by Gasteiger charge is -2.08. The number of hydrogen-bond acceptors (Lipinski definition) is 3. The maximum Gasteiger partial charge on any atom is 0.0260 e. The van der Waals surface area contributed by atoms with Gasteiger partial charge in [0.05, 0.1) is 0 Å². The fraction of sp³-hybridized carbons (Fsp3) is 0.455. The molecule has 1 aliphatic heterocycles. The van der Waals surface area contributed by atoms with Crippen molar-refractivity contribution in [2.24, 2.45) is 5.73 Å². The number of thioether (sulfide) groups is 1. The van der Waals surface area contributed by atoms with E-state index in [0.29, 0.717) is 5.25 Å². The zero-order chi connectivity index (χ0) is 9.80. The minimum Gasteiger partial charge on any atom is -0.329 e. The molecule has 0 aromatic heterocycles. The number of fused-ring (bicyclic) bond motifs is 1. The molecule has 1 aromatic rings. The van der Waals surface area contributed by atoms with E-state index in [1.807, 2.05) is 11.8 Å². The molecule has 1 aromatic carbocycles. The van der Waals surface area contributed by atoms with Gasteiger partial charge in [-0.05, 0) is 18.1 Å². The third-order valence-electron chi connectivity index (χ3n) is 2.41. The Morgan fingerprint density at radius 2 is 2.29 bits per heavy atom. The van der Waals surface area contributed by atoms with Crippen LogP contribution >= 0.6 is 11.8 Å². The quantitative estimate of drug-likeness (QED) is 0.731. The van der Waals surface area contributed by atoms with Gasteiger partial charge in [-0.15, -0.1) is 11.8 Å². The van der Waals surface area contributed by atoms with Crippen LogP contribution in [-0.2, 0) is 6.42 Å². The van der Waals surface area contributed by atoms with Gasteiger partial charge in [0.2, 0.25) is 0 Å². The molecular formula is C11H16N2S. The summed E-state index contributed by atoms with van der Waals surface area (Å²) in [5.41, 5.74) is 6.93. The number of nitrogens with one attached hydrogen (secondary N) is 1. The van der Waals surface area contributed by atoms with Gasteiger partial charge >= 0.3 is 0 Å². The van der Waals surface area contributed by atoms with Crippen LogP contribution in [0.1, 0.15) is 5.56 Å². The molecular weight excluding hydrogens is 192 g/mol. The summed E-state index contributed by atoms with van der Waals surface area (Å²) in [6, 6.07) is 8.67. The summed E-state index contributed by atoms with van der Waals surface area (Å²) in [7, 11) is 0. The first-order valence-electron chi connectivity index (χ1n) is 5.05. The summed E-state index contributed by atoms with van der Waals surface area (Å²) in [5.74, 6) is 0. The van der Waals surface area contributed by atoms with Crippen molar-refractivity contribution in [3.8, 4) is 0 Å². The van der Waals surface area contributed by atoms with E-state index in [2.05, 4.69) is 29.6 Å². The van der Waals surface area contributed by atoms with Crippen molar-refractivity contribution in [3.05, 3.63) is 29.8 Å². The Morgan fingerprint density at radius 3 is 3.07 bits per heavy atom. The largest absolute Gasteiger partial charge is 0.329 e. The van der Waals surface area contributed by atoms with E-state index >= 15 is 0 Å². The van der Waals surface area contributed by atoms with Gasteiger partial charge in [-0.1, -0.05) is 18.2 Å². The molecule has 0 amide bonds. The Morgan fingerprint density at radius 1 is 1.43 bits per heavy atom. The van der Waals surface area contributed by atoms with Crippen molar-refractivity contribution >= 4 is 11.8 Å². The Hall–Kier alpha value is -0.510. The Kier molecular flexibility index (Phi) is 3.45. The molecule has 76 valence electrons. The van der Waals surface area contributed by atoms with E-state index in [9.17, 15) is 0 Å². The van der Waals surface area contributed by atoms with E-state index in [1.165, 1.54) is 16.9 Å². The molecule has 0 radical (unpaired) electrons. The van der Waals surface area contributed by atoms with Crippen LogP contribution in [0.15, 0.2) is 29.2 Å². The molecule has 0 fully saturated rings. The summed E-state index contributed by atoms with van der Waals surface area (Å²) >= 11 is 1.98. The zero-order valence-electron chi connectivity index (χ0n) is 8.20. The third kappa shape index (κ3) is 2.29. The van der Waals surface area contributed by atoms with Gasteiger partial charge in [0.25, 0.3) is 0 Å². The van der Waals surface area contributed by atoms with Gasteiger partial charge in [0.1, 0.15) is 0 Å². The minimum absolute atomic E-state index is 0.693. The fourth-order valence-corrected chi connectivity index (χ4v) is 3.02. The molecule has 0 saturated heterocycles. The molecule has 1 heterocycles. The molecule has 2 nitrogen and oxygen atoms in total. The Balaban J connectivity index is 1.86. The van der Waals surface area contributed by atoms with E-state index in [-0.39, 0.29) is 0 Å². The normalized spacial score (nSPS) is 19.6. The SMILES string of the molecule is NCCNCC1Cc2ccccc2S1. The van der Waals surface area contributed by atoms with Crippen molar-refractivity contribution < 1.29 is 0 Å². The van der Waals surface area contributed by atoms with Gasteiger partial charge in [-0.25, -0.2) is 0 Å². The second-order valence-electron chi connectivity index (χ2n) is 3.54. The molecule has 3 N–H and O–H groups in total. The number of nitrogens with two attached hydrogens (primary N) is 1.